The third-order valence-electron chi connectivity index (χ3n) is 10.4. The van der Waals surface area contributed by atoms with Crippen LogP contribution in [0.15, 0.2) is 15.0 Å². The highest BCUT2D eigenvalue weighted by Crippen LogP contribution is 2.62. The van der Waals surface area contributed by atoms with Crippen LogP contribution in [0, 0.1) is 40.9 Å². The Hall–Kier alpha value is -1.99. The van der Waals surface area contributed by atoms with Gasteiger partial charge in [-0.05, 0) is 118 Å². The van der Waals surface area contributed by atoms with Crippen molar-refractivity contribution in [1.29, 1.82) is 0 Å². The Morgan fingerprint density at radius 3 is 1.82 bits per heavy atom. The second-order valence-corrected chi connectivity index (χ2v) is 12.9. The van der Waals surface area contributed by atoms with E-state index in [1.807, 2.05) is 0 Å². The molecule has 0 aromatic rings. The molecule has 3 atom stereocenters. The number of hydrogen-bond acceptors (Lipinski definition) is 2. The zero-order valence-corrected chi connectivity index (χ0v) is 20.0. The smallest absolute Gasteiger partial charge is 0.221 e. The average Bonchev–Trinajstić information content (AvgIpc) is 2.67. The lowest BCUT2D eigenvalue weighted by Gasteiger charge is -2.60. The maximum atomic E-state index is 5.89. The van der Waals surface area contributed by atoms with Crippen LogP contribution in [0.3, 0.4) is 0 Å². The molecule has 8 saturated carbocycles. The molecule has 0 amide bonds. The van der Waals surface area contributed by atoms with Crippen molar-refractivity contribution in [2.24, 2.45) is 78.8 Å². The van der Waals surface area contributed by atoms with Crippen molar-refractivity contribution in [2.75, 3.05) is 0 Å². The molecule has 8 fully saturated rings. The summed E-state index contributed by atoms with van der Waals surface area (Å²) in [5, 5.41) is 3.86. The molecule has 0 aromatic heterocycles. The van der Waals surface area contributed by atoms with Gasteiger partial charge in [-0.1, -0.05) is 0 Å². The lowest BCUT2D eigenvalue weighted by atomic mass is 9.46. The van der Waals surface area contributed by atoms with Crippen LogP contribution >= 0.6 is 0 Å². The van der Waals surface area contributed by atoms with Crippen LogP contribution in [0.4, 0.5) is 0 Å². The van der Waals surface area contributed by atoms with Gasteiger partial charge in [-0.25, -0.2) is 4.99 Å². The molecule has 8 aliphatic carbocycles. The minimum atomic E-state index is 0.104. The fourth-order valence-corrected chi connectivity index (χ4v) is 10.00. The first-order valence-electron chi connectivity index (χ1n) is 13.3. The Morgan fingerprint density at radius 1 is 0.758 bits per heavy atom. The first kappa shape index (κ1) is 21.5. The molecule has 0 aliphatic heterocycles. The van der Waals surface area contributed by atoms with Crippen molar-refractivity contribution < 1.29 is 0 Å². The van der Waals surface area contributed by atoms with Crippen LogP contribution in [0.5, 0.6) is 0 Å². The number of nitrogens with one attached hydrogen (secondary N) is 1. The highest BCUT2D eigenvalue weighted by molar-refractivity contribution is 5.93. The first-order valence-corrected chi connectivity index (χ1v) is 13.3. The second kappa shape index (κ2) is 7.51. The zero-order chi connectivity index (χ0) is 23.0. The van der Waals surface area contributed by atoms with Crippen molar-refractivity contribution in [3.63, 3.8) is 0 Å². The maximum Gasteiger partial charge on any atom is 0.221 e. The molecule has 0 spiro atoms. The van der Waals surface area contributed by atoms with Gasteiger partial charge in [0.25, 0.3) is 0 Å². The summed E-state index contributed by atoms with van der Waals surface area (Å²) in [5.74, 6) is 5.50. The predicted molar refractivity (Wildman–Crippen MR) is 132 cm³/mol. The molecular formula is C25H42N8. The minimum absolute atomic E-state index is 0.104. The summed E-state index contributed by atoms with van der Waals surface area (Å²) in [6.07, 6.45) is 14.1. The molecule has 0 saturated heterocycles. The number of rotatable bonds is 4. The van der Waals surface area contributed by atoms with Crippen LogP contribution in [0.2, 0.25) is 0 Å². The molecule has 0 radical (unpaired) electrons. The number of guanidine groups is 3. The Morgan fingerprint density at radius 2 is 1.30 bits per heavy atom. The molecule has 0 heterocycles. The van der Waals surface area contributed by atoms with Gasteiger partial charge in [0, 0.05) is 5.54 Å². The molecule has 8 bridgehead atoms. The molecule has 3 unspecified atom stereocenters. The number of nitrogens with zero attached hydrogens (tertiary/aromatic N) is 3. The second-order valence-electron chi connectivity index (χ2n) is 12.9. The van der Waals surface area contributed by atoms with Crippen LogP contribution in [0.25, 0.3) is 0 Å². The first-order chi connectivity index (χ1) is 15.7. The van der Waals surface area contributed by atoms with Crippen LogP contribution in [0.1, 0.15) is 77.6 Å². The maximum absolute atomic E-state index is 5.89. The van der Waals surface area contributed by atoms with E-state index < -0.39 is 0 Å². The number of nitrogens with two attached hydrogens (primary N) is 4. The van der Waals surface area contributed by atoms with Crippen molar-refractivity contribution >= 4 is 17.9 Å². The van der Waals surface area contributed by atoms with Gasteiger partial charge >= 0.3 is 0 Å². The van der Waals surface area contributed by atoms with E-state index in [-0.39, 0.29) is 28.9 Å². The summed E-state index contributed by atoms with van der Waals surface area (Å²) >= 11 is 0. The Labute approximate surface area is 197 Å². The molecule has 8 heteroatoms. The fraction of sp³-hybridized carbons (Fsp3) is 0.880. The number of aliphatic imine (C=N–C) groups is 3. The van der Waals surface area contributed by atoms with Gasteiger partial charge in [0.05, 0.1) is 12.1 Å². The third kappa shape index (κ3) is 3.77. The van der Waals surface area contributed by atoms with E-state index in [1.165, 1.54) is 57.8 Å². The summed E-state index contributed by atoms with van der Waals surface area (Å²) in [6.45, 7) is 2.20. The molecule has 33 heavy (non-hydrogen) atoms. The topological polar surface area (TPSA) is 153 Å². The normalized spacial score (nSPS) is 47.9. The fourth-order valence-electron chi connectivity index (χ4n) is 10.00. The van der Waals surface area contributed by atoms with Crippen LogP contribution < -0.4 is 28.3 Å². The summed E-state index contributed by atoms with van der Waals surface area (Å²) in [5.41, 5.74) is 23.6. The molecule has 182 valence electrons. The van der Waals surface area contributed by atoms with E-state index in [0.717, 1.165) is 36.5 Å². The third-order valence-corrected chi connectivity index (χ3v) is 10.4. The summed E-state index contributed by atoms with van der Waals surface area (Å²) in [4.78, 5) is 14.5. The van der Waals surface area contributed by atoms with E-state index in [1.54, 1.807) is 0 Å². The van der Waals surface area contributed by atoms with Gasteiger partial charge < -0.3 is 28.3 Å². The number of hydrogen-bond donors (Lipinski definition) is 5. The Bertz CT molecular complexity index is 832. The van der Waals surface area contributed by atoms with Crippen molar-refractivity contribution in [3.05, 3.63) is 0 Å². The summed E-state index contributed by atoms with van der Waals surface area (Å²) in [7, 11) is 0. The van der Waals surface area contributed by atoms with Gasteiger partial charge in [-0.3, -0.25) is 4.99 Å². The van der Waals surface area contributed by atoms with E-state index in [2.05, 4.69) is 22.2 Å². The van der Waals surface area contributed by atoms with Crippen LogP contribution in [-0.4, -0.2) is 35.5 Å². The van der Waals surface area contributed by atoms with Crippen molar-refractivity contribution in [2.45, 2.75) is 95.2 Å². The van der Waals surface area contributed by atoms with E-state index in [0.29, 0.717) is 23.8 Å². The Kier molecular flexibility index (Phi) is 4.90. The predicted octanol–water partition coefficient (Wildman–Crippen LogP) is 2.03. The quantitative estimate of drug-likeness (QED) is 0.325. The summed E-state index contributed by atoms with van der Waals surface area (Å²) < 4.78 is 0. The molecule has 8 rings (SSSR count). The standard InChI is InChI=1S/C25H42N8/c1-13(30-21(26)27)24-7-17-5-18(11-24)20(19(6-17)12-24)31-23(32-22(28)29)33-25-8-14-2-15(9-25)4-16(3-14)10-25/h13-20H,2-12H2,1H3,(H4,26,27,30)(H5,28,29,31,32,33). The van der Waals surface area contributed by atoms with Gasteiger partial charge in [0.1, 0.15) is 0 Å². The molecule has 9 N–H and O–H groups in total. The Balaban J connectivity index is 1.26. The van der Waals surface area contributed by atoms with Gasteiger partial charge in [0.2, 0.25) is 5.96 Å². The largest absolute Gasteiger partial charge is 0.370 e. The van der Waals surface area contributed by atoms with E-state index in [9.17, 15) is 0 Å². The van der Waals surface area contributed by atoms with E-state index >= 15 is 0 Å². The van der Waals surface area contributed by atoms with E-state index in [4.69, 9.17) is 27.9 Å². The zero-order valence-electron chi connectivity index (χ0n) is 20.0. The monoisotopic (exact) mass is 454 g/mol. The van der Waals surface area contributed by atoms with Crippen molar-refractivity contribution in [3.8, 4) is 0 Å². The molecule has 8 aliphatic rings. The van der Waals surface area contributed by atoms with Gasteiger partial charge in [-0.2, -0.15) is 4.99 Å². The van der Waals surface area contributed by atoms with Gasteiger partial charge in [-0.15, -0.1) is 0 Å². The lowest BCUT2D eigenvalue weighted by molar-refractivity contribution is -0.0761. The lowest BCUT2D eigenvalue weighted by Crippen LogP contribution is -2.60. The SMILES string of the molecule is CC(N=C(N)N)C12CC3CC(C1)C(N=C(N=C(N)N)NC14CC5CC(CC(C5)C1)C4)C(C3)C2. The highest BCUT2D eigenvalue weighted by Gasteiger charge is 2.58. The highest BCUT2D eigenvalue weighted by atomic mass is 15.2. The van der Waals surface area contributed by atoms with Crippen molar-refractivity contribution in [1.82, 2.24) is 5.32 Å². The van der Waals surface area contributed by atoms with Gasteiger partial charge in [0.15, 0.2) is 11.9 Å². The summed E-state index contributed by atoms with van der Waals surface area (Å²) in [6, 6.07) is 0.462. The van der Waals surface area contributed by atoms with Crippen LogP contribution in [-0.2, 0) is 0 Å². The minimum Gasteiger partial charge on any atom is -0.370 e. The average molecular weight is 455 g/mol. The molecular weight excluding hydrogens is 412 g/mol. The molecule has 0 aromatic carbocycles. The molecule has 8 nitrogen and oxygen atoms in total.